The molecule has 2 aromatic rings. The third-order valence-corrected chi connectivity index (χ3v) is 4.04. The Morgan fingerprint density at radius 2 is 2.44 bits per heavy atom. The van der Waals surface area contributed by atoms with Crippen LogP contribution in [0.15, 0.2) is 16.9 Å². The van der Waals surface area contributed by atoms with Crippen molar-refractivity contribution in [2.45, 2.75) is 17.0 Å². The minimum Gasteiger partial charge on any atom is -0.462 e. The fraction of sp³-hybridized carbons (Fsp3) is 0.400. The van der Waals surface area contributed by atoms with Crippen LogP contribution in [-0.4, -0.2) is 31.7 Å². The van der Waals surface area contributed by atoms with Crippen LogP contribution < -0.4 is 0 Å². The number of nitrogens with zero attached hydrogens (tertiary/aromatic N) is 4. The molecule has 0 unspecified atom stereocenters. The topological polar surface area (TPSA) is 69.9 Å². The van der Waals surface area contributed by atoms with Crippen LogP contribution in [0, 0.1) is 0 Å². The maximum absolute atomic E-state index is 11.7. The van der Waals surface area contributed by atoms with Gasteiger partial charge in [0.1, 0.15) is 11.9 Å². The molecule has 0 bridgehead atoms. The predicted octanol–water partition coefficient (Wildman–Crippen LogP) is 1.74. The third kappa shape index (κ3) is 2.88. The first-order valence-corrected chi connectivity index (χ1v) is 7.05. The zero-order valence-electron chi connectivity index (χ0n) is 9.99. The molecule has 96 valence electrons. The summed E-state index contributed by atoms with van der Waals surface area (Å²) in [5.41, 5.74) is 1.34. The van der Waals surface area contributed by atoms with E-state index < -0.39 is 0 Å². The van der Waals surface area contributed by atoms with Crippen LogP contribution in [0.1, 0.15) is 23.0 Å². The molecule has 8 heteroatoms. The highest BCUT2D eigenvalue weighted by atomic mass is 32.2. The molecule has 0 saturated heterocycles. The lowest BCUT2D eigenvalue weighted by molar-refractivity contribution is 0.0525. The van der Waals surface area contributed by atoms with Gasteiger partial charge in [0.05, 0.1) is 18.5 Å². The highest BCUT2D eigenvalue weighted by Gasteiger charge is 2.17. The van der Waals surface area contributed by atoms with Gasteiger partial charge in [-0.2, -0.15) is 9.47 Å². The summed E-state index contributed by atoms with van der Waals surface area (Å²) in [4.78, 5) is 15.8. The molecule has 0 radical (unpaired) electrons. The molecule has 6 nitrogen and oxygen atoms in total. The molecule has 0 amide bonds. The predicted molar refractivity (Wildman–Crippen MR) is 68.6 cm³/mol. The van der Waals surface area contributed by atoms with Crippen LogP contribution in [0.4, 0.5) is 0 Å². The van der Waals surface area contributed by atoms with Gasteiger partial charge < -0.3 is 4.74 Å². The molecule has 0 aliphatic rings. The van der Waals surface area contributed by atoms with Crippen LogP contribution >= 0.6 is 23.3 Å². The largest absolute Gasteiger partial charge is 0.462 e. The molecule has 2 aromatic heterocycles. The lowest BCUT2D eigenvalue weighted by atomic mass is 10.3. The second kappa shape index (κ2) is 5.96. The zero-order valence-corrected chi connectivity index (χ0v) is 11.6. The Morgan fingerprint density at radius 1 is 1.61 bits per heavy atom. The molecule has 2 rings (SSSR count). The van der Waals surface area contributed by atoms with E-state index in [0.29, 0.717) is 17.9 Å². The minimum absolute atomic E-state index is 0.335. The number of aromatic nitrogens is 4. The second-order valence-corrected chi connectivity index (χ2v) is 5.35. The number of esters is 1. The zero-order chi connectivity index (χ0) is 13.0. The van der Waals surface area contributed by atoms with Crippen LogP contribution in [0.25, 0.3) is 0 Å². The molecule has 0 aromatic carbocycles. The quantitative estimate of drug-likeness (QED) is 0.615. The monoisotopic (exact) mass is 284 g/mol. The number of thioether (sulfide) groups is 1. The van der Waals surface area contributed by atoms with Gasteiger partial charge in [0.25, 0.3) is 0 Å². The van der Waals surface area contributed by atoms with Crippen LogP contribution in [-0.2, 0) is 17.5 Å². The summed E-state index contributed by atoms with van der Waals surface area (Å²) >= 11 is 2.86. The molecule has 0 saturated carbocycles. The van der Waals surface area contributed by atoms with Gasteiger partial charge in [-0.15, -0.1) is 0 Å². The highest BCUT2D eigenvalue weighted by Crippen LogP contribution is 2.24. The number of rotatable bonds is 5. The van der Waals surface area contributed by atoms with E-state index in [1.807, 2.05) is 0 Å². The van der Waals surface area contributed by atoms with Crippen molar-refractivity contribution in [3.8, 4) is 0 Å². The standard InChI is InChI=1S/C10H12N4O2S2/c1-3-16-9(15)7-4-12-14(2)8(7)5-17-10-11-6-13-18-10/h4,6H,3,5H2,1-2H3. The number of hydrogen-bond donors (Lipinski definition) is 0. The van der Waals surface area contributed by atoms with Crippen molar-refractivity contribution in [2.24, 2.45) is 7.05 Å². The van der Waals surface area contributed by atoms with E-state index in [1.54, 1.807) is 18.7 Å². The Morgan fingerprint density at radius 3 is 3.11 bits per heavy atom. The lowest BCUT2D eigenvalue weighted by Crippen LogP contribution is -2.08. The van der Waals surface area contributed by atoms with E-state index >= 15 is 0 Å². The fourth-order valence-corrected chi connectivity index (χ4v) is 2.89. The maximum Gasteiger partial charge on any atom is 0.341 e. The maximum atomic E-state index is 11.7. The molecule has 0 spiro atoms. The van der Waals surface area contributed by atoms with Crippen molar-refractivity contribution in [3.05, 3.63) is 23.8 Å². The van der Waals surface area contributed by atoms with Crippen molar-refractivity contribution in [1.29, 1.82) is 0 Å². The number of carbonyl (C=O) groups is 1. The molecule has 2 heterocycles. The van der Waals surface area contributed by atoms with E-state index in [4.69, 9.17) is 4.74 Å². The number of carbonyl (C=O) groups excluding carboxylic acids is 1. The Bertz CT molecular complexity index is 524. The normalized spacial score (nSPS) is 10.6. The summed E-state index contributed by atoms with van der Waals surface area (Å²) in [5, 5.41) is 4.09. The average Bonchev–Trinajstić information content (AvgIpc) is 2.96. The highest BCUT2D eigenvalue weighted by molar-refractivity contribution is 8.00. The van der Waals surface area contributed by atoms with E-state index in [2.05, 4.69) is 14.5 Å². The number of ether oxygens (including phenoxy) is 1. The van der Waals surface area contributed by atoms with Crippen LogP contribution in [0.5, 0.6) is 0 Å². The lowest BCUT2D eigenvalue weighted by Gasteiger charge is -2.04. The molecular formula is C10H12N4O2S2. The average molecular weight is 284 g/mol. The van der Waals surface area contributed by atoms with Crippen molar-refractivity contribution < 1.29 is 9.53 Å². The molecule has 0 atom stereocenters. The summed E-state index contributed by atoms with van der Waals surface area (Å²) < 4.78 is 11.5. The van der Waals surface area contributed by atoms with E-state index in [-0.39, 0.29) is 5.97 Å². The number of aryl methyl sites for hydroxylation is 1. The molecule has 0 aliphatic heterocycles. The minimum atomic E-state index is -0.335. The van der Waals surface area contributed by atoms with Gasteiger partial charge in [0, 0.05) is 12.8 Å². The summed E-state index contributed by atoms with van der Waals surface area (Å²) in [7, 11) is 1.80. The van der Waals surface area contributed by atoms with Crippen LogP contribution in [0.2, 0.25) is 0 Å². The van der Waals surface area contributed by atoms with Gasteiger partial charge in [-0.1, -0.05) is 11.8 Å². The summed E-state index contributed by atoms with van der Waals surface area (Å²) in [6.07, 6.45) is 3.05. The Labute approximate surface area is 113 Å². The first-order valence-electron chi connectivity index (χ1n) is 5.29. The molecule has 0 N–H and O–H groups in total. The van der Waals surface area contributed by atoms with Crippen molar-refractivity contribution in [3.63, 3.8) is 0 Å². The van der Waals surface area contributed by atoms with Gasteiger partial charge in [-0.25, -0.2) is 9.78 Å². The van der Waals surface area contributed by atoms with Gasteiger partial charge in [-0.3, -0.25) is 4.68 Å². The second-order valence-electron chi connectivity index (χ2n) is 3.34. The van der Waals surface area contributed by atoms with Crippen molar-refractivity contribution in [1.82, 2.24) is 19.1 Å². The van der Waals surface area contributed by atoms with Gasteiger partial charge >= 0.3 is 5.97 Å². The summed E-state index contributed by atoms with van der Waals surface area (Å²) in [5.74, 6) is 0.276. The summed E-state index contributed by atoms with van der Waals surface area (Å²) in [6.45, 7) is 2.14. The first-order chi connectivity index (χ1) is 8.72. The summed E-state index contributed by atoms with van der Waals surface area (Å²) in [6, 6.07) is 0. The van der Waals surface area contributed by atoms with Gasteiger partial charge in [0.15, 0.2) is 4.34 Å². The Hall–Kier alpha value is -1.41. The van der Waals surface area contributed by atoms with E-state index in [9.17, 15) is 4.79 Å². The fourth-order valence-electron chi connectivity index (χ4n) is 1.37. The van der Waals surface area contributed by atoms with Crippen molar-refractivity contribution >= 4 is 29.3 Å². The first kappa shape index (κ1) is 13.0. The Kier molecular flexibility index (Phi) is 4.32. The molecule has 18 heavy (non-hydrogen) atoms. The Balaban J connectivity index is 2.11. The van der Waals surface area contributed by atoms with E-state index in [0.717, 1.165) is 10.0 Å². The van der Waals surface area contributed by atoms with E-state index in [1.165, 1.54) is 35.8 Å². The third-order valence-electron chi connectivity index (χ3n) is 2.23. The smallest absolute Gasteiger partial charge is 0.341 e. The molecule has 0 fully saturated rings. The SMILES string of the molecule is CCOC(=O)c1cnn(C)c1CSc1ncns1. The number of hydrogen-bond acceptors (Lipinski definition) is 7. The molecular weight excluding hydrogens is 272 g/mol. The van der Waals surface area contributed by atoms with Gasteiger partial charge in [-0.05, 0) is 18.5 Å². The molecule has 0 aliphatic carbocycles. The van der Waals surface area contributed by atoms with Gasteiger partial charge in [0.2, 0.25) is 0 Å². The van der Waals surface area contributed by atoms with Crippen molar-refractivity contribution in [2.75, 3.05) is 6.61 Å². The van der Waals surface area contributed by atoms with Crippen LogP contribution in [0.3, 0.4) is 0 Å².